The molecule has 13 nitrogen and oxygen atoms in total. The second kappa shape index (κ2) is 18.0. The maximum Gasteiger partial charge on any atom is 0.331 e. The zero-order chi connectivity index (χ0) is 30.1. The Bertz CT molecular complexity index is 912. The van der Waals surface area contributed by atoms with Crippen molar-refractivity contribution in [1.82, 2.24) is 0 Å². The van der Waals surface area contributed by atoms with Crippen LogP contribution in [0.25, 0.3) is 0 Å². The molecule has 0 aromatic rings. The molecule has 1 rings (SSSR count). The van der Waals surface area contributed by atoms with Gasteiger partial charge in [0.1, 0.15) is 13.2 Å². The molecule has 1 aliphatic heterocycles. The Hall–Kier alpha value is -3.48. The number of aliphatic carboxylic acids is 1. The van der Waals surface area contributed by atoms with E-state index in [0.717, 1.165) is 0 Å². The summed E-state index contributed by atoms with van der Waals surface area (Å²) in [6.07, 6.45) is -0.977. The monoisotopic (exact) mass is 572 g/mol. The molecule has 1 saturated heterocycles. The highest BCUT2D eigenvalue weighted by Crippen LogP contribution is 2.34. The van der Waals surface area contributed by atoms with Gasteiger partial charge in [0.2, 0.25) is 0 Å². The van der Waals surface area contributed by atoms with Gasteiger partial charge in [-0.15, -0.1) is 0 Å². The summed E-state index contributed by atoms with van der Waals surface area (Å²) in [6.45, 7) is 5.39. The fraction of sp³-hybridized carbons (Fsp3) is 0.704. The quantitative estimate of drug-likeness (QED) is 0.153. The second-order valence-electron chi connectivity index (χ2n) is 9.21. The third-order valence-corrected chi connectivity index (χ3v) is 5.64. The first-order valence-electron chi connectivity index (χ1n) is 13.5. The van der Waals surface area contributed by atoms with E-state index in [9.17, 15) is 28.8 Å². The highest BCUT2D eigenvalue weighted by atomic mass is 16.7. The Morgan fingerprint density at radius 3 is 1.77 bits per heavy atom. The lowest BCUT2D eigenvalue weighted by Gasteiger charge is -2.47. The van der Waals surface area contributed by atoms with E-state index in [-0.39, 0.29) is 32.3 Å². The fourth-order valence-corrected chi connectivity index (χ4v) is 3.73. The highest BCUT2D eigenvalue weighted by Gasteiger charge is 2.58. The van der Waals surface area contributed by atoms with Crippen LogP contribution in [-0.4, -0.2) is 84.7 Å². The molecule has 226 valence electrons. The van der Waals surface area contributed by atoms with E-state index in [1.807, 2.05) is 0 Å². The number of esters is 5. The van der Waals surface area contributed by atoms with Crippen LogP contribution in [0, 0.1) is 0 Å². The van der Waals surface area contributed by atoms with Crippen LogP contribution in [0.1, 0.15) is 79.1 Å². The molecule has 1 heterocycles. The molecule has 1 fully saturated rings. The summed E-state index contributed by atoms with van der Waals surface area (Å²) in [5, 5.41) is 8.79. The molecule has 1 aliphatic rings. The van der Waals surface area contributed by atoms with Gasteiger partial charge in [0.05, 0.1) is 6.61 Å². The van der Waals surface area contributed by atoms with E-state index in [0.29, 0.717) is 37.8 Å². The Morgan fingerprint density at radius 2 is 1.23 bits per heavy atom. The van der Waals surface area contributed by atoms with Crippen LogP contribution in [0.4, 0.5) is 0 Å². The van der Waals surface area contributed by atoms with Gasteiger partial charge in [-0.25, -0.2) is 9.59 Å². The maximum absolute atomic E-state index is 12.7. The zero-order valence-electron chi connectivity index (χ0n) is 23.5. The predicted molar refractivity (Wildman–Crippen MR) is 137 cm³/mol. The first kappa shape index (κ1) is 34.5. The van der Waals surface area contributed by atoms with Crippen LogP contribution < -0.4 is 0 Å². The number of ether oxygens (including phenoxy) is 6. The topological polar surface area (TPSA) is 178 Å². The SMILES string of the molecule is CCCC(=O)OC[C@@]1(COC(=O)/C=C/C(=O)O)OC[C@H](OC(=O)CCC)[C@@H](OC(=O)CCC)[C@H]1OC(=O)CCC. The molecule has 0 saturated carbocycles. The van der Waals surface area contributed by atoms with Crippen LogP contribution in [0.5, 0.6) is 0 Å². The van der Waals surface area contributed by atoms with Crippen molar-refractivity contribution in [3.8, 4) is 0 Å². The third-order valence-electron chi connectivity index (χ3n) is 5.64. The number of rotatable bonds is 17. The Morgan fingerprint density at radius 1 is 0.725 bits per heavy atom. The number of carboxylic acids is 1. The van der Waals surface area contributed by atoms with Crippen LogP contribution in [0.2, 0.25) is 0 Å². The van der Waals surface area contributed by atoms with E-state index in [1.165, 1.54) is 0 Å². The van der Waals surface area contributed by atoms with E-state index >= 15 is 0 Å². The molecule has 4 atom stereocenters. The van der Waals surface area contributed by atoms with Crippen molar-refractivity contribution < 1.29 is 62.3 Å². The van der Waals surface area contributed by atoms with Gasteiger partial charge in [-0.2, -0.15) is 0 Å². The van der Waals surface area contributed by atoms with Gasteiger partial charge < -0.3 is 33.5 Å². The molecule has 13 heteroatoms. The molecular weight excluding hydrogens is 532 g/mol. The largest absolute Gasteiger partial charge is 0.478 e. The Labute approximate surface area is 233 Å². The van der Waals surface area contributed by atoms with Gasteiger partial charge in [0, 0.05) is 37.8 Å². The minimum Gasteiger partial charge on any atom is -0.478 e. The molecule has 0 bridgehead atoms. The highest BCUT2D eigenvalue weighted by molar-refractivity contribution is 5.90. The average Bonchev–Trinajstić information content (AvgIpc) is 2.89. The molecule has 0 amide bonds. The van der Waals surface area contributed by atoms with Crippen LogP contribution in [0.3, 0.4) is 0 Å². The van der Waals surface area contributed by atoms with Gasteiger partial charge in [-0.3, -0.25) is 19.2 Å². The summed E-state index contributed by atoms with van der Waals surface area (Å²) in [5.74, 6) is -5.05. The molecule has 0 aliphatic carbocycles. The van der Waals surface area contributed by atoms with Crippen LogP contribution in [0.15, 0.2) is 12.2 Å². The van der Waals surface area contributed by atoms with E-state index in [4.69, 9.17) is 33.5 Å². The van der Waals surface area contributed by atoms with Crippen molar-refractivity contribution in [1.29, 1.82) is 0 Å². The lowest BCUT2D eigenvalue weighted by atomic mass is 9.87. The number of hydrogen-bond donors (Lipinski definition) is 1. The second-order valence-corrected chi connectivity index (χ2v) is 9.21. The van der Waals surface area contributed by atoms with Crippen LogP contribution in [-0.2, 0) is 57.2 Å². The Kier molecular flexibility index (Phi) is 15.5. The number of hydrogen-bond acceptors (Lipinski definition) is 12. The van der Waals surface area contributed by atoms with E-state index in [2.05, 4.69) is 0 Å². The normalized spacial score (nSPS) is 22.2. The summed E-state index contributed by atoms with van der Waals surface area (Å²) >= 11 is 0. The van der Waals surface area contributed by atoms with Gasteiger partial charge in [-0.1, -0.05) is 27.7 Å². The number of carbonyl (C=O) groups is 6. The maximum atomic E-state index is 12.7. The van der Waals surface area contributed by atoms with Gasteiger partial charge in [0.25, 0.3) is 0 Å². The number of carboxylic acid groups (broad SMARTS) is 1. The molecule has 0 radical (unpaired) electrons. The van der Waals surface area contributed by atoms with E-state index < -0.39 is 72.9 Å². The standard InChI is InChI=1S/C27H40O13/c1-5-9-20(30)35-16-27(17-36-21(31)14-13-19(28)29)26(40-24(34)12-8-4)25(39-23(33)11-7-3)18(15-37-27)38-22(32)10-6-2/h13-14,18,25-26H,5-12,15-17H2,1-4H3,(H,28,29)/b14-13+/t18-,25+,26+,27-/m0/s1. The van der Waals surface area contributed by atoms with Crippen molar-refractivity contribution in [3.05, 3.63) is 12.2 Å². The molecule has 0 unspecified atom stereocenters. The summed E-state index contributed by atoms with van der Waals surface area (Å²) in [4.78, 5) is 73.0. The molecule has 0 spiro atoms. The Balaban J connectivity index is 3.55. The molecule has 0 aromatic carbocycles. The molecular formula is C27H40O13. The predicted octanol–water partition coefficient (Wildman–Crippen LogP) is 2.42. The smallest absolute Gasteiger partial charge is 0.331 e. The summed E-state index contributed by atoms with van der Waals surface area (Å²) in [7, 11) is 0. The minimum atomic E-state index is -1.88. The lowest BCUT2D eigenvalue weighted by molar-refractivity contribution is -0.275. The molecule has 40 heavy (non-hydrogen) atoms. The minimum absolute atomic E-state index is 0.00999. The van der Waals surface area contributed by atoms with Gasteiger partial charge >= 0.3 is 35.8 Å². The van der Waals surface area contributed by atoms with E-state index in [1.54, 1.807) is 27.7 Å². The zero-order valence-corrected chi connectivity index (χ0v) is 23.5. The molecule has 0 aromatic heterocycles. The fourth-order valence-electron chi connectivity index (χ4n) is 3.73. The summed E-state index contributed by atoms with van der Waals surface area (Å²) in [6, 6.07) is 0. The summed E-state index contributed by atoms with van der Waals surface area (Å²) < 4.78 is 33.5. The average molecular weight is 573 g/mol. The van der Waals surface area contributed by atoms with Crippen molar-refractivity contribution in [3.63, 3.8) is 0 Å². The van der Waals surface area contributed by atoms with Crippen molar-refractivity contribution >= 4 is 35.8 Å². The first-order valence-corrected chi connectivity index (χ1v) is 13.5. The molecule has 1 N–H and O–H groups in total. The van der Waals surface area contributed by atoms with Gasteiger partial charge in [0.15, 0.2) is 23.9 Å². The van der Waals surface area contributed by atoms with Crippen LogP contribution >= 0.6 is 0 Å². The van der Waals surface area contributed by atoms with Crippen molar-refractivity contribution in [2.45, 2.75) is 103 Å². The van der Waals surface area contributed by atoms with Crippen molar-refractivity contribution in [2.24, 2.45) is 0 Å². The summed E-state index contributed by atoms with van der Waals surface area (Å²) in [5.41, 5.74) is -1.88. The first-order chi connectivity index (χ1) is 19.0. The van der Waals surface area contributed by atoms with Gasteiger partial charge in [-0.05, 0) is 25.7 Å². The lowest BCUT2D eigenvalue weighted by Crippen LogP contribution is -2.67. The third kappa shape index (κ3) is 11.7. The number of carbonyl (C=O) groups excluding carboxylic acids is 5. The van der Waals surface area contributed by atoms with Crippen molar-refractivity contribution in [2.75, 3.05) is 19.8 Å².